The number of halogens is 5. The van der Waals surface area contributed by atoms with Crippen LogP contribution in [0.25, 0.3) is 11.3 Å². The van der Waals surface area contributed by atoms with E-state index in [-0.39, 0.29) is 30.0 Å². The van der Waals surface area contributed by atoms with E-state index in [1.807, 2.05) is 0 Å². The van der Waals surface area contributed by atoms with Gasteiger partial charge < -0.3 is 10.5 Å². The van der Waals surface area contributed by atoms with Crippen LogP contribution in [0.1, 0.15) is 51.4 Å². The molecular weight excluding hydrogens is 381 g/mol. The molecular formula is C19H22F5N3O. The van der Waals surface area contributed by atoms with Crippen molar-refractivity contribution in [1.82, 2.24) is 9.97 Å². The highest BCUT2D eigenvalue weighted by atomic mass is 19.3. The van der Waals surface area contributed by atoms with Gasteiger partial charge in [-0.1, -0.05) is 0 Å². The van der Waals surface area contributed by atoms with Crippen LogP contribution in [0.3, 0.4) is 0 Å². The van der Waals surface area contributed by atoms with E-state index in [0.29, 0.717) is 0 Å². The van der Waals surface area contributed by atoms with Crippen LogP contribution in [0, 0.1) is 0 Å². The highest BCUT2D eigenvalue weighted by Crippen LogP contribution is 2.32. The zero-order chi connectivity index (χ0) is 21.1. The number of pyridine rings is 2. The molecule has 1 unspecified atom stereocenters. The molecule has 2 aromatic rings. The quantitative estimate of drug-likeness (QED) is 0.612. The fourth-order valence-electron chi connectivity index (χ4n) is 2.88. The Morgan fingerprint density at radius 1 is 1.07 bits per heavy atom. The summed E-state index contributed by atoms with van der Waals surface area (Å²) in [7, 11) is 0. The number of hydrogen-bond donors (Lipinski definition) is 1. The molecule has 2 rings (SSSR count). The molecule has 0 fully saturated rings. The van der Waals surface area contributed by atoms with Gasteiger partial charge in [-0.3, -0.25) is 4.98 Å². The van der Waals surface area contributed by atoms with Crippen LogP contribution < -0.4 is 10.5 Å². The second kappa shape index (κ2) is 8.38. The number of nitrogens with two attached hydrogens (primary N) is 1. The summed E-state index contributed by atoms with van der Waals surface area (Å²) < 4.78 is 71.7. The summed E-state index contributed by atoms with van der Waals surface area (Å²) >= 11 is 0. The molecule has 2 N–H and O–H groups in total. The normalized spacial score (nSPS) is 14.4. The Labute approximate surface area is 159 Å². The monoisotopic (exact) mass is 403 g/mol. The average Bonchev–Trinajstić information content (AvgIpc) is 2.58. The summed E-state index contributed by atoms with van der Waals surface area (Å²) in [4.78, 5) is 7.39. The number of nitrogens with zero attached hydrogens (tertiary/aromatic N) is 2. The molecule has 2 heterocycles. The summed E-state index contributed by atoms with van der Waals surface area (Å²) in [5, 5.41) is 0. The van der Waals surface area contributed by atoms with Gasteiger partial charge in [0.25, 0.3) is 12.9 Å². The minimum Gasteiger partial charge on any atom is -0.490 e. The van der Waals surface area contributed by atoms with Crippen LogP contribution in [0.4, 0.5) is 22.0 Å². The minimum absolute atomic E-state index is 0.0387. The van der Waals surface area contributed by atoms with Crippen LogP contribution in [0.5, 0.6) is 5.75 Å². The lowest BCUT2D eigenvalue weighted by Crippen LogP contribution is -2.46. The topological polar surface area (TPSA) is 61.0 Å². The number of rotatable bonds is 8. The Balaban J connectivity index is 2.27. The first-order chi connectivity index (χ1) is 12.9. The van der Waals surface area contributed by atoms with E-state index >= 15 is 0 Å². The van der Waals surface area contributed by atoms with Crippen LogP contribution in [-0.2, 0) is 0 Å². The number of ether oxygens (including phenoxy) is 1. The number of alkyl halides is 5. The number of hydrogen-bond acceptors (Lipinski definition) is 4. The predicted molar refractivity (Wildman–Crippen MR) is 95.3 cm³/mol. The second-order valence-corrected chi connectivity index (χ2v) is 7.49. The van der Waals surface area contributed by atoms with E-state index < -0.39 is 35.4 Å². The fraction of sp³-hybridized carbons (Fsp3) is 0.474. The third kappa shape index (κ3) is 6.12. The van der Waals surface area contributed by atoms with Gasteiger partial charge in [0.05, 0.1) is 11.2 Å². The first-order valence-corrected chi connectivity index (χ1v) is 8.52. The van der Waals surface area contributed by atoms with Crippen LogP contribution in [0.15, 0.2) is 30.5 Å². The maximum atomic E-state index is 13.8. The van der Waals surface area contributed by atoms with E-state index in [9.17, 15) is 22.0 Å². The molecule has 0 bridgehead atoms. The van der Waals surface area contributed by atoms with Crippen molar-refractivity contribution < 1.29 is 26.7 Å². The lowest BCUT2D eigenvalue weighted by atomic mass is 9.91. The molecule has 0 saturated heterocycles. The van der Waals surface area contributed by atoms with Crippen LogP contribution in [0.2, 0.25) is 0 Å². The van der Waals surface area contributed by atoms with Gasteiger partial charge >= 0.3 is 0 Å². The van der Waals surface area contributed by atoms with Crippen molar-refractivity contribution in [1.29, 1.82) is 0 Å². The molecule has 2 aromatic heterocycles. The maximum absolute atomic E-state index is 13.8. The van der Waals surface area contributed by atoms with Crippen LogP contribution in [-0.4, -0.2) is 27.8 Å². The van der Waals surface area contributed by atoms with E-state index in [4.69, 9.17) is 10.5 Å². The van der Waals surface area contributed by atoms with Gasteiger partial charge in [-0.05, 0) is 45.0 Å². The van der Waals surface area contributed by atoms with Gasteiger partial charge in [0.1, 0.15) is 29.4 Å². The van der Waals surface area contributed by atoms with E-state index in [1.165, 1.54) is 32.0 Å². The standard InChI is InChI=1S/C19H22F5N3O/c1-18(2,24)9-19(3,25)10-28-14-5-4-12(27-15(14)17(22)23)11-6-7-26-13(8-11)16(20)21/h4-8,16-17H,9-10,25H2,1-3H3. The molecule has 28 heavy (non-hydrogen) atoms. The highest BCUT2D eigenvalue weighted by Gasteiger charge is 2.30. The highest BCUT2D eigenvalue weighted by molar-refractivity contribution is 5.60. The third-order valence-electron chi connectivity index (χ3n) is 3.77. The molecule has 1 atom stereocenters. The Hall–Kier alpha value is -2.29. The lowest BCUT2D eigenvalue weighted by Gasteiger charge is -2.30. The molecule has 0 saturated carbocycles. The molecule has 0 radical (unpaired) electrons. The lowest BCUT2D eigenvalue weighted by molar-refractivity contribution is 0.115. The smallest absolute Gasteiger partial charge is 0.284 e. The minimum atomic E-state index is -2.96. The molecule has 4 nitrogen and oxygen atoms in total. The summed E-state index contributed by atoms with van der Waals surface area (Å²) in [5.41, 5.74) is 2.52. The molecule has 0 aliphatic carbocycles. The van der Waals surface area contributed by atoms with E-state index in [1.54, 1.807) is 6.92 Å². The fourth-order valence-corrected chi connectivity index (χ4v) is 2.88. The summed E-state index contributed by atoms with van der Waals surface area (Å²) in [6.45, 7) is 4.08. The summed E-state index contributed by atoms with van der Waals surface area (Å²) in [5.74, 6) is -0.199. The number of aromatic nitrogens is 2. The molecule has 0 aliphatic rings. The van der Waals surface area contributed by atoms with Gasteiger partial charge in [-0.2, -0.15) is 0 Å². The third-order valence-corrected chi connectivity index (χ3v) is 3.77. The van der Waals surface area contributed by atoms with Crippen molar-refractivity contribution in [3.8, 4) is 17.0 Å². The van der Waals surface area contributed by atoms with Gasteiger partial charge in [0, 0.05) is 18.2 Å². The molecule has 0 spiro atoms. The SMILES string of the molecule is CC(C)(F)CC(C)(N)COc1ccc(-c2ccnc(C(F)F)c2)nc1C(F)F. The first-order valence-electron chi connectivity index (χ1n) is 8.52. The Kier molecular flexibility index (Phi) is 6.59. The maximum Gasteiger partial charge on any atom is 0.284 e. The molecule has 9 heteroatoms. The van der Waals surface area contributed by atoms with Gasteiger partial charge in [-0.15, -0.1) is 0 Å². The predicted octanol–water partition coefficient (Wildman–Crippen LogP) is 5.25. The molecule has 0 aromatic carbocycles. The van der Waals surface area contributed by atoms with E-state index in [2.05, 4.69) is 9.97 Å². The van der Waals surface area contributed by atoms with Gasteiger partial charge in [-0.25, -0.2) is 26.9 Å². The molecule has 154 valence electrons. The molecule has 0 aliphatic heterocycles. The van der Waals surface area contributed by atoms with Crippen molar-refractivity contribution in [2.45, 2.75) is 51.3 Å². The zero-order valence-corrected chi connectivity index (χ0v) is 15.7. The average molecular weight is 403 g/mol. The summed E-state index contributed by atoms with van der Waals surface area (Å²) in [6, 6.07) is 5.12. The van der Waals surface area contributed by atoms with Crippen molar-refractivity contribution in [2.75, 3.05) is 6.61 Å². The Bertz CT molecular complexity index is 806. The zero-order valence-electron chi connectivity index (χ0n) is 15.7. The Morgan fingerprint density at radius 3 is 2.32 bits per heavy atom. The van der Waals surface area contributed by atoms with E-state index in [0.717, 1.165) is 12.3 Å². The largest absolute Gasteiger partial charge is 0.490 e. The molecule has 0 amide bonds. The second-order valence-electron chi connectivity index (χ2n) is 7.49. The Morgan fingerprint density at radius 2 is 1.75 bits per heavy atom. The van der Waals surface area contributed by atoms with Crippen molar-refractivity contribution in [3.63, 3.8) is 0 Å². The van der Waals surface area contributed by atoms with Crippen LogP contribution >= 0.6 is 0 Å². The summed E-state index contributed by atoms with van der Waals surface area (Å²) in [6.07, 6.45) is -4.64. The van der Waals surface area contributed by atoms with Crippen molar-refractivity contribution in [3.05, 3.63) is 41.9 Å². The first kappa shape index (κ1) is 22.0. The van der Waals surface area contributed by atoms with Crippen molar-refractivity contribution >= 4 is 0 Å². The van der Waals surface area contributed by atoms with Gasteiger partial charge in [0.2, 0.25) is 0 Å². The van der Waals surface area contributed by atoms with Gasteiger partial charge in [0.15, 0.2) is 0 Å². The van der Waals surface area contributed by atoms with Crippen molar-refractivity contribution in [2.24, 2.45) is 5.73 Å².